The van der Waals surface area contributed by atoms with E-state index in [-0.39, 0.29) is 43.4 Å². The lowest BCUT2D eigenvalue weighted by Gasteiger charge is -2.14. The molecule has 0 aliphatic heterocycles. The molecule has 1 heterocycles. The molecule has 0 spiro atoms. The van der Waals surface area contributed by atoms with Gasteiger partial charge in [0.2, 0.25) is 0 Å². The molecule has 5 N–H and O–H groups in total. The molecule has 11 nitrogen and oxygen atoms in total. The molecule has 4 aromatic rings. The van der Waals surface area contributed by atoms with Crippen molar-refractivity contribution in [2.24, 2.45) is 5.41 Å². The van der Waals surface area contributed by atoms with E-state index in [4.69, 9.17) is 20.1 Å². The predicted molar refractivity (Wildman–Crippen MR) is 161 cm³/mol. The first-order valence-electron chi connectivity index (χ1n) is 14.3. The maximum atomic E-state index is 13.2. The van der Waals surface area contributed by atoms with Crippen molar-refractivity contribution >= 4 is 34.4 Å². The summed E-state index contributed by atoms with van der Waals surface area (Å²) in [6.45, 7) is -0.408. The van der Waals surface area contributed by atoms with Gasteiger partial charge in [-0.2, -0.15) is 0 Å². The van der Waals surface area contributed by atoms with E-state index in [1.165, 1.54) is 12.1 Å². The monoisotopic (exact) mass is 633 g/mol. The number of halogens is 1. The highest BCUT2D eigenvalue weighted by molar-refractivity contribution is 6.11. The molecular weight excluding hydrogens is 601 g/mol. The number of carbonyl (C=O) groups is 4. The molecule has 0 radical (unpaired) electrons. The molecule has 1 fully saturated rings. The second kappa shape index (κ2) is 14.8. The van der Waals surface area contributed by atoms with Gasteiger partial charge < -0.3 is 30.3 Å². The highest BCUT2D eigenvalue weighted by atomic mass is 19.1. The Morgan fingerprint density at radius 1 is 0.826 bits per heavy atom. The number of ketones is 2. The van der Waals surface area contributed by atoms with Crippen LogP contribution in [0.4, 0.5) is 4.39 Å². The van der Waals surface area contributed by atoms with Gasteiger partial charge in [-0.1, -0.05) is 24.3 Å². The zero-order valence-electron chi connectivity index (χ0n) is 24.6. The van der Waals surface area contributed by atoms with Crippen LogP contribution in [0.15, 0.2) is 72.9 Å². The number of fused-ring (bicyclic) bond motifs is 1. The Labute approximate surface area is 262 Å². The van der Waals surface area contributed by atoms with Crippen molar-refractivity contribution in [2.75, 3.05) is 0 Å². The molecule has 0 unspecified atom stereocenters. The molecule has 46 heavy (non-hydrogen) atoms. The number of carboxylic acids is 2. The molecule has 5 rings (SSSR count). The third kappa shape index (κ3) is 8.36. The van der Waals surface area contributed by atoms with Crippen LogP contribution in [-0.4, -0.2) is 60.1 Å². The molecule has 3 aromatic carbocycles. The minimum atomic E-state index is -1.79. The lowest BCUT2D eigenvalue weighted by Crippen LogP contribution is -2.28. The van der Waals surface area contributed by atoms with Crippen molar-refractivity contribution in [1.29, 1.82) is 0 Å². The van der Waals surface area contributed by atoms with Gasteiger partial charge in [0.25, 0.3) is 0 Å². The lowest BCUT2D eigenvalue weighted by molar-refractivity contribution is -0.152. The quantitative estimate of drug-likeness (QED) is 0.135. The molecule has 240 valence electrons. The average molecular weight is 634 g/mol. The molecule has 0 bridgehead atoms. The summed E-state index contributed by atoms with van der Waals surface area (Å²) in [6.07, 6.45) is 0.445. The van der Waals surface area contributed by atoms with E-state index < -0.39 is 29.9 Å². The van der Waals surface area contributed by atoms with Gasteiger partial charge in [0.15, 0.2) is 17.7 Å². The molecule has 1 aliphatic carbocycles. The van der Waals surface area contributed by atoms with Crippen molar-refractivity contribution in [3.8, 4) is 11.5 Å². The third-order valence-electron chi connectivity index (χ3n) is 7.63. The highest BCUT2D eigenvalue weighted by Gasteiger charge is 2.54. The van der Waals surface area contributed by atoms with Gasteiger partial charge in [0.05, 0.1) is 30.6 Å². The van der Waals surface area contributed by atoms with Crippen LogP contribution in [0.25, 0.3) is 10.9 Å². The number of aliphatic carboxylic acids is 2. The van der Waals surface area contributed by atoms with Crippen molar-refractivity contribution in [1.82, 2.24) is 4.98 Å². The molecule has 1 aromatic heterocycles. The number of carbonyl (C=O) groups excluding carboxylic acids is 2. The minimum absolute atomic E-state index is 0.0929. The van der Waals surface area contributed by atoms with Gasteiger partial charge in [0, 0.05) is 24.4 Å². The van der Waals surface area contributed by atoms with Crippen molar-refractivity contribution in [2.45, 2.75) is 51.4 Å². The molecule has 1 saturated carbocycles. The Morgan fingerprint density at radius 2 is 1.37 bits per heavy atom. The summed E-state index contributed by atoms with van der Waals surface area (Å²) in [7, 11) is 0. The minimum Gasteiger partial charge on any atom is -0.481 e. The van der Waals surface area contributed by atoms with Crippen molar-refractivity contribution < 1.29 is 53.8 Å². The van der Waals surface area contributed by atoms with Crippen LogP contribution in [0, 0.1) is 11.2 Å². The van der Waals surface area contributed by atoms with Gasteiger partial charge in [-0.15, -0.1) is 0 Å². The predicted octanol–water partition coefficient (Wildman–Crippen LogP) is 3.76. The summed E-state index contributed by atoms with van der Waals surface area (Å²) >= 11 is 0. The number of benzene rings is 3. The first-order chi connectivity index (χ1) is 21.9. The van der Waals surface area contributed by atoms with E-state index in [0.29, 0.717) is 51.9 Å². The summed E-state index contributed by atoms with van der Waals surface area (Å²) < 4.78 is 19.2. The van der Waals surface area contributed by atoms with Gasteiger partial charge in [0.1, 0.15) is 17.3 Å². The number of ether oxygens (including phenoxy) is 1. The number of nitrogens with zero attached hydrogens (tertiary/aromatic N) is 1. The van der Waals surface area contributed by atoms with Crippen LogP contribution in [-0.2, 0) is 45.2 Å². The SMILES string of the molecule is O=C(Cc1ccc(F)cc1)C1(C(=O)Cc2ccc(Oc3ccnc4cc(CO)c(CO)cc34)cc2)CC1.O=C(O)C[C@H](O)C(=O)O. The summed E-state index contributed by atoms with van der Waals surface area (Å²) in [5.41, 5.74) is 2.41. The number of carboxylic acid groups (broad SMARTS) is 2. The van der Waals surface area contributed by atoms with Crippen LogP contribution in [0.5, 0.6) is 11.5 Å². The Morgan fingerprint density at radius 3 is 1.85 bits per heavy atom. The van der Waals surface area contributed by atoms with Crippen LogP contribution in [0.1, 0.15) is 41.5 Å². The zero-order chi connectivity index (χ0) is 33.4. The second-order valence-corrected chi connectivity index (χ2v) is 10.9. The summed E-state index contributed by atoms with van der Waals surface area (Å²) in [5, 5.41) is 44.0. The molecule has 0 amide bonds. The Balaban J connectivity index is 0.000000468. The normalized spacial score (nSPS) is 13.7. The van der Waals surface area contributed by atoms with E-state index in [9.17, 15) is 33.8 Å². The maximum absolute atomic E-state index is 13.2. The second-order valence-electron chi connectivity index (χ2n) is 10.9. The van der Waals surface area contributed by atoms with Gasteiger partial charge in [-0.3, -0.25) is 19.4 Å². The zero-order valence-corrected chi connectivity index (χ0v) is 24.6. The lowest BCUT2D eigenvalue weighted by atomic mass is 9.88. The van der Waals surface area contributed by atoms with E-state index in [2.05, 4.69) is 4.98 Å². The highest BCUT2D eigenvalue weighted by Crippen LogP contribution is 2.48. The Kier molecular flexibility index (Phi) is 10.9. The smallest absolute Gasteiger partial charge is 0.333 e. The number of aromatic nitrogens is 1. The third-order valence-corrected chi connectivity index (χ3v) is 7.63. The van der Waals surface area contributed by atoms with Crippen LogP contribution >= 0.6 is 0 Å². The molecular formula is C34H32FNO10. The maximum Gasteiger partial charge on any atom is 0.333 e. The van der Waals surface area contributed by atoms with E-state index in [1.54, 1.807) is 60.8 Å². The topological polar surface area (TPSA) is 192 Å². The molecule has 1 aliphatic rings. The van der Waals surface area contributed by atoms with E-state index >= 15 is 0 Å². The Bertz CT molecular complexity index is 1730. The van der Waals surface area contributed by atoms with Gasteiger partial charge in [-0.05, 0) is 77.6 Å². The first kappa shape index (κ1) is 33.8. The van der Waals surface area contributed by atoms with E-state index in [0.717, 1.165) is 5.56 Å². The fourth-order valence-electron chi connectivity index (χ4n) is 4.84. The number of aliphatic hydroxyl groups excluding tert-OH is 3. The van der Waals surface area contributed by atoms with Crippen LogP contribution < -0.4 is 4.74 Å². The number of hydrogen-bond donors (Lipinski definition) is 5. The van der Waals surface area contributed by atoms with E-state index in [1.807, 2.05) is 0 Å². The number of aliphatic hydroxyl groups is 3. The molecule has 0 saturated heterocycles. The van der Waals surface area contributed by atoms with Crippen LogP contribution in [0.2, 0.25) is 0 Å². The molecule has 12 heteroatoms. The number of Topliss-reactive ketones (excluding diaryl/α,β-unsaturated/α-hetero) is 2. The largest absolute Gasteiger partial charge is 0.481 e. The Hall–Kier alpha value is -5.04. The summed E-state index contributed by atoms with van der Waals surface area (Å²) in [6, 6.07) is 18.2. The summed E-state index contributed by atoms with van der Waals surface area (Å²) in [5.74, 6) is -2.29. The molecule has 1 atom stereocenters. The summed E-state index contributed by atoms with van der Waals surface area (Å²) in [4.78, 5) is 49.7. The standard InChI is InChI=1S/C30H26FNO5.C4H6O5/c31-23-5-1-19(2-6-23)13-28(35)30(10-11-30)29(36)14-20-3-7-24(8-4-20)37-27-9-12-32-26-16-22(18-34)21(17-33)15-25(26)27;5-2(4(8)9)1-3(6)7/h1-9,12,15-16,33-34H,10-11,13-14,17-18H2;2,5H,1H2,(H,6,7)(H,8,9)/t;2-/m.0/s1. The van der Waals surface area contributed by atoms with Crippen molar-refractivity contribution in [3.05, 3.63) is 101 Å². The van der Waals surface area contributed by atoms with Crippen molar-refractivity contribution in [3.63, 3.8) is 0 Å². The fraction of sp³-hybridized carbons (Fsp3) is 0.265. The number of hydrogen-bond acceptors (Lipinski definition) is 9. The number of rotatable bonds is 13. The first-order valence-corrected chi connectivity index (χ1v) is 14.3. The van der Waals surface area contributed by atoms with Gasteiger partial charge in [-0.25, -0.2) is 9.18 Å². The van der Waals surface area contributed by atoms with Gasteiger partial charge >= 0.3 is 11.9 Å². The fourth-order valence-corrected chi connectivity index (χ4v) is 4.84. The van der Waals surface area contributed by atoms with Crippen LogP contribution in [0.3, 0.4) is 0 Å². The number of pyridine rings is 1. The average Bonchev–Trinajstić information content (AvgIpc) is 3.85.